The minimum absolute atomic E-state index is 0.0878. The highest BCUT2D eigenvalue weighted by molar-refractivity contribution is 6.00. The molecule has 0 bridgehead atoms. The molecule has 34 heavy (non-hydrogen) atoms. The molecule has 2 aromatic rings. The molecule has 2 atom stereocenters. The number of nitrogens with one attached hydrogen (secondary N) is 2. The molecule has 2 N–H and O–H groups in total. The first-order valence-corrected chi connectivity index (χ1v) is 11.5. The number of carbonyl (C=O) groups is 4. The smallest absolute Gasteiger partial charge is 0.254 e. The van der Waals surface area contributed by atoms with Gasteiger partial charge in [0.1, 0.15) is 11.9 Å². The van der Waals surface area contributed by atoms with Crippen LogP contribution in [0, 0.1) is 11.7 Å². The van der Waals surface area contributed by atoms with Crippen molar-refractivity contribution >= 4 is 23.5 Å². The van der Waals surface area contributed by atoms with Crippen molar-refractivity contribution in [3.8, 4) is 0 Å². The third-order valence-electron chi connectivity index (χ3n) is 5.72. The van der Waals surface area contributed by atoms with Crippen molar-refractivity contribution in [2.24, 2.45) is 5.92 Å². The zero-order valence-corrected chi connectivity index (χ0v) is 19.4. The second-order valence-corrected chi connectivity index (χ2v) is 8.92. The van der Waals surface area contributed by atoms with Gasteiger partial charge in [-0.05, 0) is 61.6 Å². The van der Waals surface area contributed by atoms with E-state index in [1.165, 1.54) is 29.2 Å². The van der Waals surface area contributed by atoms with Gasteiger partial charge in [0, 0.05) is 17.7 Å². The van der Waals surface area contributed by atoms with Crippen LogP contribution in [0.15, 0.2) is 54.6 Å². The van der Waals surface area contributed by atoms with Crippen LogP contribution in [-0.2, 0) is 9.59 Å². The van der Waals surface area contributed by atoms with Gasteiger partial charge in [-0.3, -0.25) is 19.2 Å². The third-order valence-corrected chi connectivity index (χ3v) is 5.72. The number of benzene rings is 2. The van der Waals surface area contributed by atoms with Gasteiger partial charge in [0.05, 0.1) is 12.6 Å². The van der Waals surface area contributed by atoms with E-state index in [9.17, 15) is 23.6 Å². The van der Waals surface area contributed by atoms with E-state index in [-0.39, 0.29) is 29.7 Å². The Hall–Kier alpha value is -3.55. The summed E-state index contributed by atoms with van der Waals surface area (Å²) in [6.07, 6.45) is 1.34. The standard InChI is InChI=1S/C26H30FN3O4/c1-17(2)15-22(29-24(32)18-10-12-20(27)13-11-18)25(33)28-21-9-6-14-30(16-23(21)31)26(34)19-7-4-3-5-8-19/h3-5,7-8,10-13,17,21-22H,6,9,14-16H2,1-2H3,(H,28,33)(H,29,32)/t21?,22-/m0/s1. The first kappa shape index (κ1) is 25.1. The van der Waals surface area contributed by atoms with Crippen molar-refractivity contribution in [3.63, 3.8) is 0 Å². The summed E-state index contributed by atoms with van der Waals surface area (Å²) in [5.41, 5.74) is 0.752. The second kappa shape index (κ2) is 11.5. The maximum absolute atomic E-state index is 13.2. The van der Waals surface area contributed by atoms with Crippen molar-refractivity contribution in [3.05, 3.63) is 71.5 Å². The maximum atomic E-state index is 13.2. The van der Waals surface area contributed by atoms with Crippen LogP contribution in [-0.4, -0.2) is 53.6 Å². The molecule has 3 amide bonds. The molecule has 7 nitrogen and oxygen atoms in total. The number of nitrogens with zero attached hydrogens (tertiary/aromatic N) is 1. The minimum Gasteiger partial charge on any atom is -0.344 e. The highest BCUT2D eigenvalue weighted by Crippen LogP contribution is 2.14. The molecule has 1 aliphatic heterocycles. The second-order valence-electron chi connectivity index (χ2n) is 8.92. The molecule has 180 valence electrons. The molecule has 2 aromatic carbocycles. The lowest BCUT2D eigenvalue weighted by Gasteiger charge is -2.23. The van der Waals surface area contributed by atoms with Crippen LogP contribution >= 0.6 is 0 Å². The van der Waals surface area contributed by atoms with Crippen molar-refractivity contribution in [2.75, 3.05) is 13.1 Å². The fraction of sp³-hybridized carbons (Fsp3) is 0.385. The number of amides is 3. The fourth-order valence-electron chi connectivity index (χ4n) is 3.93. The van der Waals surface area contributed by atoms with Crippen LogP contribution in [0.1, 0.15) is 53.8 Å². The van der Waals surface area contributed by atoms with Crippen molar-refractivity contribution in [1.82, 2.24) is 15.5 Å². The molecule has 1 saturated heterocycles. The van der Waals surface area contributed by atoms with Crippen molar-refractivity contribution in [1.29, 1.82) is 0 Å². The Labute approximate surface area is 198 Å². The highest BCUT2D eigenvalue weighted by Gasteiger charge is 2.31. The number of halogens is 1. The molecule has 0 saturated carbocycles. The van der Waals surface area contributed by atoms with Crippen LogP contribution in [0.2, 0.25) is 0 Å². The SMILES string of the molecule is CC(C)C[C@H](NC(=O)c1ccc(F)cc1)C(=O)NC1CCCN(C(=O)c2ccccc2)CC1=O. The summed E-state index contributed by atoms with van der Waals surface area (Å²) in [6.45, 7) is 4.18. The van der Waals surface area contributed by atoms with E-state index >= 15 is 0 Å². The van der Waals surface area contributed by atoms with Gasteiger partial charge in [-0.25, -0.2) is 4.39 Å². The molecule has 8 heteroatoms. The number of ketones is 1. The molecule has 0 spiro atoms. The predicted molar refractivity (Wildman–Crippen MR) is 126 cm³/mol. The molecular weight excluding hydrogens is 437 g/mol. The molecule has 1 aliphatic rings. The number of likely N-dealkylation sites (tertiary alicyclic amines) is 1. The Morgan fingerprint density at radius 3 is 2.35 bits per heavy atom. The van der Waals surface area contributed by atoms with Crippen LogP contribution < -0.4 is 10.6 Å². The fourth-order valence-corrected chi connectivity index (χ4v) is 3.93. The number of hydrogen-bond acceptors (Lipinski definition) is 4. The number of rotatable bonds is 7. The first-order chi connectivity index (χ1) is 16.2. The first-order valence-electron chi connectivity index (χ1n) is 11.5. The van der Waals surface area contributed by atoms with Gasteiger partial charge in [-0.2, -0.15) is 0 Å². The normalized spacial score (nSPS) is 17.1. The monoisotopic (exact) mass is 467 g/mol. The van der Waals surface area contributed by atoms with Gasteiger partial charge in [0.25, 0.3) is 11.8 Å². The average Bonchev–Trinajstić information content (AvgIpc) is 3.00. The third kappa shape index (κ3) is 6.73. The molecule has 1 unspecified atom stereocenters. The summed E-state index contributed by atoms with van der Waals surface area (Å²) in [6, 6.07) is 12.2. The number of Topliss-reactive ketones (excluding diaryl/α,β-unsaturated/α-hetero) is 1. The maximum Gasteiger partial charge on any atom is 0.254 e. The van der Waals surface area contributed by atoms with Gasteiger partial charge >= 0.3 is 0 Å². The lowest BCUT2D eigenvalue weighted by atomic mass is 10.0. The quantitative estimate of drug-likeness (QED) is 0.655. The van der Waals surface area contributed by atoms with Gasteiger partial charge in [-0.1, -0.05) is 32.0 Å². The molecule has 1 fully saturated rings. The molecule has 0 aliphatic carbocycles. The number of carbonyl (C=O) groups excluding carboxylic acids is 4. The summed E-state index contributed by atoms with van der Waals surface area (Å²) in [5.74, 6) is -1.76. The van der Waals surface area contributed by atoms with E-state index < -0.39 is 29.7 Å². The molecule has 3 rings (SSSR count). The van der Waals surface area contributed by atoms with E-state index in [1.54, 1.807) is 24.3 Å². The van der Waals surface area contributed by atoms with E-state index in [4.69, 9.17) is 0 Å². The van der Waals surface area contributed by atoms with Crippen LogP contribution in [0.4, 0.5) is 4.39 Å². The lowest BCUT2D eigenvalue weighted by molar-refractivity contribution is -0.129. The Balaban J connectivity index is 1.65. The number of hydrogen-bond donors (Lipinski definition) is 2. The Morgan fingerprint density at radius 1 is 1.03 bits per heavy atom. The van der Waals surface area contributed by atoms with Crippen LogP contribution in [0.25, 0.3) is 0 Å². The Morgan fingerprint density at radius 2 is 1.71 bits per heavy atom. The lowest BCUT2D eigenvalue weighted by Crippen LogP contribution is -2.52. The Kier molecular flexibility index (Phi) is 8.51. The van der Waals surface area contributed by atoms with E-state index in [0.717, 1.165) is 0 Å². The van der Waals surface area contributed by atoms with Gasteiger partial charge in [0.15, 0.2) is 5.78 Å². The highest BCUT2D eigenvalue weighted by atomic mass is 19.1. The average molecular weight is 468 g/mol. The van der Waals surface area contributed by atoms with E-state index in [2.05, 4.69) is 10.6 Å². The van der Waals surface area contributed by atoms with Crippen molar-refractivity contribution < 1.29 is 23.6 Å². The topological polar surface area (TPSA) is 95.6 Å². The summed E-state index contributed by atoms with van der Waals surface area (Å²) < 4.78 is 13.2. The largest absolute Gasteiger partial charge is 0.344 e. The summed E-state index contributed by atoms with van der Waals surface area (Å²) in [4.78, 5) is 52.8. The van der Waals surface area contributed by atoms with Gasteiger partial charge < -0.3 is 15.5 Å². The summed E-state index contributed by atoms with van der Waals surface area (Å²) >= 11 is 0. The van der Waals surface area contributed by atoms with E-state index in [1.807, 2.05) is 19.9 Å². The summed E-state index contributed by atoms with van der Waals surface area (Å²) in [7, 11) is 0. The van der Waals surface area contributed by atoms with Crippen LogP contribution in [0.3, 0.4) is 0 Å². The van der Waals surface area contributed by atoms with Gasteiger partial charge in [-0.15, -0.1) is 0 Å². The summed E-state index contributed by atoms with van der Waals surface area (Å²) in [5, 5.41) is 5.48. The minimum atomic E-state index is -0.851. The van der Waals surface area contributed by atoms with Crippen LogP contribution in [0.5, 0.6) is 0 Å². The van der Waals surface area contributed by atoms with Crippen molar-refractivity contribution in [2.45, 2.75) is 45.2 Å². The van der Waals surface area contributed by atoms with Gasteiger partial charge in [0.2, 0.25) is 5.91 Å². The molecule has 0 aromatic heterocycles. The molecular formula is C26H30FN3O4. The zero-order chi connectivity index (χ0) is 24.7. The Bertz CT molecular complexity index is 1020. The molecule has 0 radical (unpaired) electrons. The predicted octanol–water partition coefficient (Wildman–Crippen LogP) is 2.96. The zero-order valence-electron chi connectivity index (χ0n) is 19.4. The molecule has 1 heterocycles. The van der Waals surface area contributed by atoms with E-state index in [0.29, 0.717) is 31.4 Å².